The predicted octanol–water partition coefficient (Wildman–Crippen LogP) is 3.39. The smallest absolute Gasteiger partial charge is 0.390 e. The summed E-state index contributed by atoms with van der Waals surface area (Å²) in [5.41, 5.74) is 0.933. The molecule has 1 aliphatic rings. The van der Waals surface area contributed by atoms with Crippen LogP contribution in [0, 0.1) is 0 Å². The largest absolute Gasteiger partial charge is 0.486 e. The summed E-state index contributed by atoms with van der Waals surface area (Å²) in [6.07, 6.45) is -4.49. The number of aliphatic imine (C=N–C) groups is 1. The van der Waals surface area contributed by atoms with Crippen LogP contribution < -0.4 is 20.1 Å². The van der Waals surface area contributed by atoms with Gasteiger partial charge in [0.2, 0.25) is 0 Å². The lowest BCUT2D eigenvalue weighted by Crippen LogP contribution is -2.39. The minimum Gasteiger partial charge on any atom is -0.486 e. The molecule has 2 rings (SSSR count). The predicted molar refractivity (Wildman–Crippen MR) is 102 cm³/mol. The van der Waals surface area contributed by atoms with Gasteiger partial charge in [-0.1, -0.05) is 11.6 Å². The van der Waals surface area contributed by atoms with Gasteiger partial charge in [0, 0.05) is 20.1 Å². The third kappa shape index (κ3) is 7.35. The van der Waals surface area contributed by atoms with Crippen molar-refractivity contribution in [3.8, 4) is 11.5 Å². The highest BCUT2D eigenvalue weighted by atomic mass is 127. The zero-order valence-corrected chi connectivity index (χ0v) is 16.7. The average molecular weight is 494 g/mol. The van der Waals surface area contributed by atoms with E-state index in [1.807, 2.05) is 6.07 Å². The van der Waals surface area contributed by atoms with Gasteiger partial charge >= 0.3 is 6.18 Å². The molecule has 0 aliphatic carbocycles. The monoisotopic (exact) mass is 493 g/mol. The number of hydrogen-bond acceptors (Lipinski definition) is 3. The van der Waals surface area contributed by atoms with Gasteiger partial charge in [-0.2, -0.15) is 13.2 Å². The van der Waals surface area contributed by atoms with Gasteiger partial charge in [-0.15, -0.1) is 24.0 Å². The van der Waals surface area contributed by atoms with E-state index in [9.17, 15) is 13.2 Å². The highest BCUT2D eigenvalue weighted by Gasteiger charge is 2.26. The number of guanidine groups is 1. The van der Waals surface area contributed by atoms with E-state index in [1.54, 1.807) is 6.07 Å². The highest BCUT2D eigenvalue weighted by Crippen LogP contribution is 2.38. The normalized spacial score (nSPS) is 13.9. The van der Waals surface area contributed by atoms with Crippen molar-refractivity contribution in [2.24, 2.45) is 4.99 Å². The average Bonchev–Trinajstić information content (AvgIpc) is 2.52. The molecule has 25 heavy (non-hydrogen) atoms. The van der Waals surface area contributed by atoms with Crippen molar-refractivity contribution in [1.82, 2.24) is 10.6 Å². The second-order valence-corrected chi connectivity index (χ2v) is 5.55. The fourth-order valence-electron chi connectivity index (χ4n) is 2.18. The molecule has 1 aromatic rings. The van der Waals surface area contributed by atoms with E-state index in [2.05, 4.69) is 15.6 Å². The number of fused-ring (bicyclic) bond motifs is 1. The maximum atomic E-state index is 12.1. The molecule has 0 amide bonds. The molecule has 1 aliphatic heterocycles. The van der Waals surface area contributed by atoms with Crippen LogP contribution in [0.1, 0.15) is 12.0 Å². The Hall–Kier alpha value is -1.10. The number of rotatable bonds is 5. The van der Waals surface area contributed by atoms with E-state index in [0.717, 1.165) is 5.56 Å². The van der Waals surface area contributed by atoms with Gasteiger partial charge in [0.25, 0.3) is 0 Å². The van der Waals surface area contributed by atoms with Crippen LogP contribution >= 0.6 is 35.6 Å². The van der Waals surface area contributed by atoms with Crippen LogP contribution in [0.25, 0.3) is 0 Å². The Bertz CT molecular complexity index is 600. The minimum atomic E-state index is -4.19. The lowest BCUT2D eigenvalue weighted by atomic mass is 10.1. The molecule has 1 aromatic carbocycles. The van der Waals surface area contributed by atoms with E-state index in [-0.39, 0.29) is 30.5 Å². The first-order chi connectivity index (χ1) is 11.4. The summed E-state index contributed by atoms with van der Waals surface area (Å²) >= 11 is 6.16. The topological polar surface area (TPSA) is 54.9 Å². The number of ether oxygens (including phenoxy) is 2. The molecule has 1 heterocycles. The Labute approximate surface area is 166 Å². The van der Waals surface area contributed by atoms with Crippen LogP contribution in [0.5, 0.6) is 11.5 Å². The Morgan fingerprint density at radius 3 is 2.56 bits per heavy atom. The third-order valence-electron chi connectivity index (χ3n) is 3.29. The Morgan fingerprint density at radius 2 is 1.88 bits per heavy atom. The van der Waals surface area contributed by atoms with Crippen molar-refractivity contribution in [2.45, 2.75) is 19.0 Å². The third-order valence-corrected chi connectivity index (χ3v) is 3.57. The van der Waals surface area contributed by atoms with Gasteiger partial charge in [-0.3, -0.25) is 4.99 Å². The van der Waals surface area contributed by atoms with E-state index >= 15 is 0 Å². The first kappa shape index (κ1) is 21.9. The molecular weight excluding hydrogens is 474 g/mol. The minimum absolute atomic E-state index is 0. The molecule has 2 N–H and O–H groups in total. The molecule has 0 saturated heterocycles. The lowest BCUT2D eigenvalue weighted by molar-refractivity contribution is -0.132. The van der Waals surface area contributed by atoms with Gasteiger partial charge in [0.15, 0.2) is 17.5 Å². The van der Waals surface area contributed by atoms with E-state index in [4.69, 9.17) is 21.1 Å². The van der Waals surface area contributed by atoms with Crippen LogP contribution in [0.2, 0.25) is 5.02 Å². The standard InChI is InChI=1S/C15H19ClF3N3O2.HI/c1-20-14(22-5-3-15(17,18)19)21-4-2-10-8-11(16)13-12(9-10)23-6-7-24-13;/h8-9H,2-7H2,1H3,(H2,20,21,22);1H. The summed E-state index contributed by atoms with van der Waals surface area (Å²) in [6.45, 7) is 1.20. The fraction of sp³-hybridized carbons (Fsp3) is 0.533. The Balaban J connectivity index is 0.00000312. The van der Waals surface area contributed by atoms with Crippen LogP contribution in [0.15, 0.2) is 17.1 Å². The summed E-state index contributed by atoms with van der Waals surface area (Å²) in [6, 6.07) is 3.64. The quantitative estimate of drug-likeness (QED) is 0.375. The summed E-state index contributed by atoms with van der Waals surface area (Å²) < 4.78 is 47.3. The van der Waals surface area contributed by atoms with Gasteiger partial charge in [-0.05, 0) is 24.1 Å². The van der Waals surface area contributed by atoms with E-state index in [0.29, 0.717) is 48.7 Å². The van der Waals surface area contributed by atoms with Crippen molar-refractivity contribution in [2.75, 3.05) is 33.4 Å². The first-order valence-electron chi connectivity index (χ1n) is 7.48. The second-order valence-electron chi connectivity index (χ2n) is 5.14. The van der Waals surface area contributed by atoms with Crippen molar-refractivity contribution >= 4 is 41.5 Å². The van der Waals surface area contributed by atoms with Crippen molar-refractivity contribution in [3.63, 3.8) is 0 Å². The van der Waals surface area contributed by atoms with Gasteiger partial charge in [0.05, 0.1) is 11.4 Å². The molecule has 10 heteroatoms. The Kier molecular flexibility index (Phi) is 8.91. The van der Waals surface area contributed by atoms with Crippen LogP contribution in [-0.2, 0) is 6.42 Å². The number of benzene rings is 1. The van der Waals surface area contributed by atoms with Gasteiger partial charge in [-0.25, -0.2) is 0 Å². The zero-order chi connectivity index (χ0) is 17.6. The zero-order valence-electron chi connectivity index (χ0n) is 13.6. The number of nitrogens with one attached hydrogen (secondary N) is 2. The van der Waals surface area contributed by atoms with Gasteiger partial charge in [0.1, 0.15) is 13.2 Å². The molecule has 0 radical (unpaired) electrons. The molecular formula is C15H20ClF3IN3O2. The van der Waals surface area contributed by atoms with Gasteiger partial charge < -0.3 is 20.1 Å². The van der Waals surface area contributed by atoms with Crippen molar-refractivity contribution in [3.05, 3.63) is 22.7 Å². The maximum Gasteiger partial charge on any atom is 0.390 e. The van der Waals surface area contributed by atoms with Crippen LogP contribution in [-0.4, -0.2) is 45.5 Å². The summed E-state index contributed by atoms with van der Waals surface area (Å²) in [7, 11) is 1.50. The molecule has 142 valence electrons. The van der Waals surface area contributed by atoms with E-state index < -0.39 is 12.6 Å². The number of hydrogen-bond donors (Lipinski definition) is 2. The summed E-state index contributed by atoms with van der Waals surface area (Å²) in [5, 5.41) is 6.06. The number of halogens is 5. The summed E-state index contributed by atoms with van der Waals surface area (Å²) in [5.74, 6) is 1.48. The summed E-state index contributed by atoms with van der Waals surface area (Å²) in [4.78, 5) is 3.88. The number of nitrogens with zero attached hydrogens (tertiary/aromatic N) is 1. The molecule has 0 aromatic heterocycles. The molecule has 0 atom stereocenters. The number of alkyl halides is 3. The molecule has 5 nitrogen and oxygen atoms in total. The van der Waals surface area contributed by atoms with Crippen molar-refractivity contribution < 1.29 is 22.6 Å². The fourth-order valence-corrected chi connectivity index (χ4v) is 2.46. The molecule has 0 fully saturated rings. The first-order valence-corrected chi connectivity index (χ1v) is 7.86. The van der Waals surface area contributed by atoms with Crippen LogP contribution in [0.4, 0.5) is 13.2 Å². The van der Waals surface area contributed by atoms with E-state index in [1.165, 1.54) is 7.05 Å². The molecule has 0 saturated carbocycles. The lowest BCUT2D eigenvalue weighted by Gasteiger charge is -2.20. The Morgan fingerprint density at radius 1 is 1.20 bits per heavy atom. The second kappa shape index (κ2) is 10.1. The van der Waals surface area contributed by atoms with Crippen LogP contribution in [0.3, 0.4) is 0 Å². The SMILES string of the molecule is CN=C(NCCc1cc(Cl)c2c(c1)OCCO2)NCCC(F)(F)F.I. The molecule has 0 bridgehead atoms. The molecule has 0 unspecified atom stereocenters. The molecule has 0 spiro atoms. The maximum absolute atomic E-state index is 12.1. The van der Waals surface area contributed by atoms with Crippen molar-refractivity contribution in [1.29, 1.82) is 0 Å². The highest BCUT2D eigenvalue weighted by molar-refractivity contribution is 14.0.